The highest BCUT2D eigenvalue weighted by Crippen LogP contribution is 2.34. The number of furan rings is 1. The Balaban J connectivity index is 2.27. The number of nitrogens with one attached hydrogen (secondary N) is 1. The van der Waals surface area contributed by atoms with Gasteiger partial charge in [0.2, 0.25) is 0 Å². The van der Waals surface area contributed by atoms with Crippen molar-refractivity contribution in [1.29, 1.82) is 0 Å². The fourth-order valence-electron chi connectivity index (χ4n) is 1.27. The standard InChI is InChI=1S/C11H5Cl4NO2/c12-5-3-6(13)10(7(14)4-5)16-11(17)8-1-2-9(15)18-8/h1-4H,(H,16,17). The number of hydrogen-bond acceptors (Lipinski definition) is 2. The van der Waals surface area contributed by atoms with E-state index < -0.39 is 5.91 Å². The summed E-state index contributed by atoms with van der Waals surface area (Å²) in [5, 5.41) is 3.49. The Bertz CT molecular complexity index is 586. The minimum absolute atomic E-state index is 0.0575. The summed E-state index contributed by atoms with van der Waals surface area (Å²) in [5.74, 6) is -0.449. The van der Waals surface area contributed by atoms with Crippen LogP contribution in [0, 0.1) is 0 Å². The van der Waals surface area contributed by atoms with Gasteiger partial charge in [-0.2, -0.15) is 0 Å². The monoisotopic (exact) mass is 323 g/mol. The van der Waals surface area contributed by atoms with E-state index in [4.69, 9.17) is 50.8 Å². The van der Waals surface area contributed by atoms with Crippen molar-refractivity contribution in [1.82, 2.24) is 0 Å². The van der Waals surface area contributed by atoms with Gasteiger partial charge in [-0.3, -0.25) is 4.79 Å². The SMILES string of the molecule is O=C(Nc1c(Cl)cc(Cl)cc1Cl)c1ccc(Cl)o1. The molecule has 94 valence electrons. The van der Waals surface area contributed by atoms with Crippen molar-refractivity contribution in [3.63, 3.8) is 0 Å². The molecule has 0 saturated heterocycles. The van der Waals surface area contributed by atoms with Crippen LogP contribution in [0.4, 0.5) is 5.69 Å². The average Bonchev–Trinajstić information content (AvgIpc) is 2.70. The maximum absolute atomic E-state index is 11.8. The zero-order chi connectivity index (χ0) is 13.3. The van der Waals surface area contributed by atoms with Gasteiger partial charge >= 0.3 is 0 Å². The quantitative estimate of drug-likeness (QED) is 0.830. The summed E-state index contributed by atoms with van der Waals surface area (Å²) < 4.78 is 4.96. The Morgan fingerprint density at radius 3 is 2.17 bits per heavy atom. The molecular formula is C11H5Cl4NO2. The number of carbonyl (C=O) groups excluding carboxylic acids is 1. The minimum atomic E-state index is -0.506. The van der Waals surface area contributed by atoms with Crippen molar-refractivity contribution in [3.05, 3.63) is 50.3 Å². The van der Waals surface area contributed by atoms with Crippen LogP contribution in [-0.4, -0.2) is 5.91 Å². The van der Waals surface area contributed by atoms with Crippen molar-refractivity contribution < 1.29 is 9.21 Å². The minimum Gasteiger partial charge on any atom is -0.440 e. The topological polar surface area (TPSA) is 42.2 Å². The van der Waals surface area contributed by atoms with Crippen molar-refractivity contribution >= 4 is 58.0 Å². The predicted molar refractivity (Wildman–Crippen MR) is 73.1 cm³/mol. The smallest absolute Gasteiger partial charge is 0.291 e. The van der Waals surface area contributed by atoms with Gasteiger partial charge < -0.3 is 9.73 Å². The number of halogens is 4. The maximum atomic E-state index is 11.8. The Morgan fingerprint density at radius 2 is 1.67 bits per heavy atom. The molecule has 18 heavy (non-hydrogen) atoms. The van der Waals surface area contributed by atoms with E-state index in [1.54, 1.807) is 0 Å². The largest absolute Gasteiger partial charge is 0.440 e. The lowest BCUT2D eigenvalue weighted by Crippen LogP contribution is -2.11. The molecule has 0 saturated carbocycles. The molecule has 0 spiro atoms. The maximum Gasteiger partial charge on any atom is 0.291 e. The van der Waals surface area contributed by atoms with E-state index in [0.29, 0.717) is 5.02 Å². The van der Waals surface area contributed by atoms with E-state index in [9.17, 15) is 4.79 Å². The van der Waals surface area contributed by atoms with Crippen molar-refractivity contribution in [2.75, 3.05) is 5.32 Å². The third-order valence-corrected chi connectivity index (χ3v) is 3.06. The summed E-state index contributed by atoms with van der Waals surface area (Å²) in [7, 11) is 0. The molecule has 2 aromatic rings. The Hall–Kier alpha value is -0.870. The van der Waals surface area contributed by atoms with Crippen LogP contribution < -0.4 is 5.32 Å². The Labute approximate surface area is 123 Å². The molecule has 0 unspecified atom stereocenters. The van der Waals surface area contributed by atoms with E-state index in [1.807, 2.05) is 0 Å². The number of anilines is 1. The highest BCUT2D eigenvalue weighted by molar-refractivity contribution is 6.42. The van der Waals surface area contributed by atoms with Crippen LogP contribution in [0.3, 0.4) is 0 Å². The highest BCUT2D eigenvalue weighted by atomic mass is 35.5. The fourth-order valence-corrected chi connectivity index (χ4v) is 2.33. The lowest BCUT2D eigenvalue weighted by atomic mass is 10.3. The first-order chi connectivity index (χ1) is 8.47. The predicted octanol–water partition coefficient (Wildman–Crippen LogP) is 5.15. The van der Waals surface area contributed by atoms with Crippen molar-refractivity contribution in [3.8, 4) is 0 Å². The molecule has 1 heterocycles. The van der Waals surface area contributed by atoms with Crippen LogP contribution >= 0.6 is 46.4 Å². The van der Waals surface area contributed by atoms with Crippen LogP contribution in [0.5, 0.6) is 0 Å². The van der Waals surface area contributed by atoms with Crippen LogP contribution in [0.15, 0.2) is 28.7 Å². The second kappa shape index (κ2) is 5.41. The lowest BCUT2D eigenvalue weighted by molar-refractivity contribution is 0.0997. The van der Waals surface area contributed by atoms with E-state index in [-0.39, 0.29) is 26.7 Å². The summed E-state index contributed by atoms with van der Waals surface area (Å²) >= 11 is 23.2. The molecule has 7 heteroatoms. The molecule has 0 aliphatic heterocycles. The summed E-state index contributed by atoms with van der Waals surface area (Å²) in [4.78, 5) is 11.8. The Morgan fingerprint density at radius 1 is 1.06 bits per heavy atom. The van der Waals surface area contributed by atoms with Crippen LogP contribution in [0.25, 0.3) is 0 Å². The van der Waals surface area contributed by atoms with E-state index in [1.165, 1.54) is 24.3 Å². The molecule has 1 aromatic heterocycles. The van der Waals surface area contributed by atoms with E-state index in [0.717, 1.165) is 0 Å². The molecule has 3 nitrogen and oxygen atoms in total. The normalized spacial score (nSPS) is 10.4. The van der Waals surface area contributed by atoms with Crippen LogP contribution in [0.1, 0.15) is 10.6 Å². The Kier molecular flexibility index (Phi) is 4.07. The van der Waals surface area contributed by atoms with Crippen molar-refractivity contribution in [2.45, 2.75) is 0 Å². The van der Waals surface area contributed by atoms with E-state index >= 15 is 0 Å². The molecule has 0 atom stereocenters. The third kappa shape index (κ3) is 2.93. The molecule has 1 N–H and O–H groups in total. The van der Waals surface area contributed by atoms with Crippen LogP contribution in [0.2, 0.25) is 20.3 Å². The molecule has 0 aliphatic carbocycles. The first-order valence-corrected chi connectivity index (χ1v) is 6.20. The van der Waals surface area contributed by atoms with Crippen LogP contribution in [-0.2, 0) is 0 Å². The van der Waals surface area contributed by atoms with Gasteiger partial charge in [-0.25, -0.2) is 0 Å². The molecule has 0 aliphatic rings. The van der Waals surface area contributed by atoms with Gasteiger partial charge in [0.1, 0.15) is 0 Å². The molecule has 0 bridgehead atoms. The van der Waals surface area contributed by atoms with Gasteiger partial charge in [0.15, 0.2) is 11.0 Å². The molecule has 0 fully saturated rings. The molecule has 1 aromatic carbocycles. The molecule has 2 rings (SSSR count). The van der Waals surface area contributed by atoms with Gasteiger partial charge in [0.05, 0.1) is 15.7 Å². The molecule has 1 amide bonds. The molecular weight excluding hydrogens is 320 g/mol. The first-order valence-electron chi connectivity index (χ1n) is 4.68. The van der Waals surface area contributed by atoms with Crippen molar-refractivity contribution in [2.24, 2.45) is 0 Å². The summed E-state index contributed by atoms with van der Waals surface area (Å²) in [6.45, 7) is 0. The zero-order valence-corrected chi connectivity index (χ0v) is 11.7. The first kappa shape index (κ1) is 13.6. The number of rotatable bonds is 2. The number of benzene rings is 1. The number of amides is 1. The summed E-state index contributed by atoms with van der Waals surface area (Å²) in [6.07, 6.45) is 0. The summed E-state index contributed by atoms with van der Waals surface area (Å²) in [5.41, 5.74) is 0.264. The number of hydrogen-bond donors (Lipinski definition) is 1. The van der Waals surface area contributed by atoms with Gasteiger partial charge in [-0.05, 0) is 35.9 Å². The van der Waals surface area contributed by atoms with Gasteiger partial charge in [-0.15, -0.1) is 0 Å². The lowest BCUT2D eigenvalue weighted by Gasteiger charge is -2.08. The highest BCUT2D eigenvalue weighted by Gasteiger charge is 2.15. The average molecular weight is 325 g/mol. The zero-order valence-electron chi connectivity index (χ0n) is 8.64. The second-order valence-electron chi connectivity index (χ2n) is 3.30. The van der Waals surface area contributed by atoms with Gasteiger partial charge in [0, 0.05) is 5.02 Å². The number of carbonyl (C=O) groups is 1. The summed E-state index contributed by atoms with van der Waals surface area (Å²) in [6, 6.07) is 5.84. The third-order valence-electron chi connectivity index (χ3n) is 2.04. The van der Waals surface area contributed by atoms with Gasteiger partial charge in [-0.1, -0.05) is 34.8 Å². The van der Waals surface area contributed by atoms with E-state index in [2.05, 4.69) is 5.32 Å². The molecule has 0 radical (unpaired) electrons. The fraction of sp³-hybridized carbons (Fsp3) is 0. The second-order valence-corrected chi connectivity index (χ2v) is 4.93. The van der Waals surface area contributed by atoms with Gasteiger partial charge in [0.25, 0.3) is 5.91 Å².